The van der Waals surface area contributed by atoms with Gasteiger partial charge in [-0.05, 0) is 142 Å². The Morgan fingerprint density at radius 3 is 1.53 bits per heavy atom. The number of carboxylic acid groups (broad SMARTS) is 1. The van der Waals surface area contributed by atoms with Crippen LogP contribution in [0.15, 0.2) is 87.1 Å². The van der Waals surface area contributed by atoms with Crippen LogP contribution in [0.5, 0.6) is 0 Å². The number of aromatic carboxylic acids is 1. The highest BCUT2D eigenvalue weighted by Gasteiger charge is 2.52. The number of halogens is 1. The predicted octanol–water partition coefficient (Wildman–Crippen LogP) is 10.3. The first kappa shape index (κ1) is 54.3. The Morgan fingerprint density at radius 1 is 0.661 bits per heavy atom. The van der Waals surface area contributed by atoms with Crippen molar-refractivity contribution in [2.24, 2.45) is 10.8 Å². The lowest BCUT2D eigenvalue weighted by atomic mass is 9.75. The van der Waals surface area contributed by atoms with Crippen molar-refractivity contribution < 1.29 is 40.8 Å². The highest BCUT2D eigenvalue weighted by molar-refractivity contribution is 9.10. The second kappa shape index (κ2) is 20.3. The lowest BCUT2D eigenvalue weighted by molar-refractivity contribution is 0.00578. The molecule has 0 atom stereocenters. The van der Waals surface area contributed by atoms with Gasteiger partial charge in [-0.2, -0.15) is 0 Å². The van der Waals surface area contributed by atoms with E-state index in [-0.39, 0.29) is 42.0 Å². The molecule has 1 aliphatic rings. The van der Waals surface area contributed by atoms with Crippen LogP contribution in [0.2, 0.25) is 0 Å². The lowest BCUT2D eigenvalue weighted by Gasteiger charge is -2.32. The van der Waals surface area contributed by atoms with Gasteiger partial charge in [0.1, 0.15) is 0 Å². The van der Waals surface area contributed by atoms with Crippen LogP contribution in [-0.4, -0.2) is 63.5 Å². The summed E-state index contributed by atoms with van der Waals surface area (Å²) in [4.78, 5) is 24.2. The molecule has 0 unspecified atom stereocenters. The van der Waals surface area contributed by atoms with Gasteiger partial charge in [0.05, 0.1) is 38.1 Å². The summed E-state index contributed by atoms with van der Waals surface area (Å²) in [6.07, 6.45) is 0.204. The maximum absolute atomic E-state index is 13.0. The van der Waals surface area contributed by atoms with Crippen molar-refractivity contribution in [2.75, 3.05) is 17.2 Å². The Hall–Kier alpha value is -3.82. The Balaban J connectivity index is 0.000000388. The number of benzene rings is 4. The third-order valence-corrected chi connectivity index (χ3v) is 15.9. The number of hydrogen-bond donors (Lipinski definition) is 2. The molecule has 1 fully saturated rings. The van der Waals surface area contributed by atoms with Crippen LogP contribution >= 0.6 is 15.9 Å². The average molecular weight is 957 g/mol. The van der Waals surface area contributed by atoms with Crippen molar-refractivity contribution in [1.29, 1.82) is 0 Å². The summed E-state index contributed by atoms with van der Waals surface area (Å²) < 4.78 is 63.1. The molecule has 0 spiro atoms. The molecular weight excluding hydrogens is 889 g/mol. The standard InChI is InChI=1S/C27H37BO5S.C12H19NO2S.C8H7BrO2.CH4/c1-18-15-21(11-12-22(18)28-32-26(6,7)27(8,9)33-28)23(29)16-20-10-13-24(19(2)14-20)34(30,31)17-25(3,4)5;1-9-7-10(13)5-6-11(9)16(14,15)8-12(2,3)4;1-5-4-6(8(10)11)2-3-7(5)9;/h10-15H,16-17H2,1-9H3;5-7H,8,13H2,1-4H3;2-4H,1H3,(H,10,11);1H4. The molecule has 14 heteroatoms. The number of ketones is 1. The summed E-state index contributed by atoms with van der Waals surface area (Å²) in [7, 11) is -7.08. The second-order valence-electron chi connectivity index (χ2n) is 19.3. The lowest BCUT2D eigenvalue weighted by Crippen LogP contribution is -2.41. The van der Waals surface area contributed by atoms with Crippen molar-refractivity contribution >= 4 is 65.6 Å². The normalized spacial score (nSPS) is 14.7. The van der Waals surface area contributed by atoms with Gasteiger partial charge in [-0.15, -0.1) is 0 Å². The molecule has 0 bridgehead atoms. The van der Waals surface area contributed by atoms with Crippen LogP contribution in [0.4, 0.5) is 5.69 Å². The minimum atomic E-state index is -3.39. The summed E-state index contributed by atoms with van der Waals surface area (Å²) in [5.41, 5.74) is 10.7. The predicted molar refractivity (Wildman–Crippen MR) is 257 cm³/mol. The summed E-state index contributed by atoms with van der Waals surface area (Å²) in [5.74, 6) is -0.688. The first-order chi connectivity index (χ1) is 27.6. The smallest absolute Gasteiger partial charge is 0.478 e. The molecule has 5 rings (SSSR count). The fourth-order valence-electron chi connectivity index (χ4n) is 6.64. The number of nitrogens with two attached hydrogens (primary N) is 1. The molecule has 4 aromatic carbocycles. The maximum Gasteiger partial charge on any atom is 0.495 e. The Bertz CT molecular complexity index is 2470. The zero-order chi connectivity index (χ0) is 46.7. The molecule has 1 aliphatic heterocycles. The number of sulfone groups is 2. The first-order valence-corrected chi connectivity index (χ1v) is 24.1. The molecule has 0 saturated carbocycles. The number of carbonyl (C=O) groups is 2. The van der Waals surface area contributed by atoms with Crippen molar-refractivity contribution in [3.05, 3.63) is 116 Å². The topological polar surface area (TPSA) is 167 Å². The van der Waals surface area contributed by atoms with Crippen molar-refractivity contribution in [3.63, 3.8) is 0 Å². The van der Waals surface area contributed by atoms with Gasteiger partial charge in [0.25, 0.3) is 0 Å². The van der Waals surface area contributed by atoms with Gasteiger partial charge in [-0.3, -0.25) is 4.79 Å². The van der Waals surface area contributed by atoms with E-state index >= 15 is 0 Å². The van der Waals surface area contributed by atoms with E-state index in [0.29, 0.717) is 37.7 Å². The third-order valence-electron chi connectivity index (χ3n) is 10.2. The zero-order valence-electron chi connectivity index (χ0n) is 38.1. The van der Waals surface area contributed by atoms with Crippen molar-refractivity contribution in [2.45, 2.75) is 132 Å². The van der Waals surface area contributed by atoms with E-state index in [2.05, 4.69) is 15.9 Å². The molecule has 0 aliphatic carbocycles. The third kappa shape index (κ3) is 14.9. The molecule has 1 heterocycles. The minimum Gasteiger partial charge on any atom is -0.478 e. The average Bonchev–Trinajstić information content (AvgIpc) is 3.29. The van der Waals surface area contributed by atoms with Crippen LogP contribution in [0.25, 0.3) is 0 Å². The monoisotopic (exact) mass is 955 g/mol. The first-order valence-electron chi connectivity index (χ1n) is 20.0. The van der Waals surface area contributed by atoms with E-state index in [4.69, 9.17) is 20.1 Å². The number of hydrogen-bond acceptors (Lipinski definition) is 9. The molecular formula is C48H67BBrNO9S2. The molecule has 10 nitrogen and oxygen atoms in total. The number of rotatable bonds is 9. The molecule has 4 aromatic rings. The van der Waals surface area contributed by atoms with Gasteiger partial charge < -0.3 is 20.1 Å². The van der Waals surface area contributed by atoms with Gasteiger partial charge in [0.15, 0.2) is 25.5 Å². The SMILES string of the molecule is C.Cc1cc(C(=O)Cc2ccc(S(=O)(=O)CC(C)(C)C)c(C)c2)ccc1B1OC(C)(C)C(C)(C)O1.Cc1cc(C(=O)O)ccc1Br.Cc1cc(N)ccc1S(=O)(=O)CC(C)(C)C. The van der Waals surface area contributed by atoms with E-state index in [9.17, 15) is 26.4 Å². The number of anilines is 1. The summed E-state index contributed by atoms with van der Waals surface area (Å²) in [5, 5.41) is 8.58. The van der Waals surface area contributed by atoms with Crippen LogP contribution < -0.4 is 11.2 Å². The molecule has 62 heavy (non-hydrogen) atoms. The highest BCUT2D eigenvalue weighted by atomic mass is 79.9. The van der Waals surface area contributed by atoms with Crippen molar-refractivity contribution in [1.82, 2.24) is 0 Å². The maximum atomic E-state index is 13.0. The Labute approximate surface area is 380 Å². The minimum absolute atomic E-state index is 0. The molecule has 1 saturated heterocycles. The van der Waals surface area contributed by atoms with E-state index in [1.807, 2.05) is 101 Å². The van der Waals surface area contributed by atoms with Gasteiger partial charge in [0, 0.05) is 22.1 Å². The van der Waals surface area contributed by atoms with Crippen LogP contribution in [0.3, 0.4) is 0 Å². The van der Waals surface area contributed by atoms with E-state index in [1.54, 1.807) is 68.4 Å². The molecule has 0 radical (unpaired) electrons. The molecule has 0 aromatic heterocycles. The summed E-state index contributed by atoms with van der Waals surface area (Å²) >= 11 is 3.29. The van der Waals surface area contributed by atoms with Gasteiger partial charge in [-0.1, -0.05) is 94.7 Å². The van der Waals surface area contributed by atoms with E-state index < -0.39 is 44.0 Å². The van der Waals surface area contributed by atoms with E-state index in [1.165, 1.54) is 0 Å². The Kier molecular flexibility index (Phi) is 17.8. The van der Waals surface area contributed by atoms with Gasteiger partial charge >= 0.3 is 13.1 Å². The summed E-state index contributed by atoms with van der Waals surface area (Å²) in [6, 6.07) is 20.6. The quantitative estimate of drug-likeness (QED) is 0.0936. The van der Waals surface area contributed by atoms with Crippen LogP contribution in [0, 0.1) is 38.5 Å². The number of carboxylic acids is 1. The fourth-order valence-corrected chi connectivity index (χ4v) is 11.1. The van der Waals surface area contributed by atoms with Gasteiger partial charge in [-0.25, -0.2) is 21.6 Å². The molecule has 0 amide bonds. The fraction of sp³-hybridized carbons (Fsp3) is 0.458. The Morgan fingerprint density at radius 2 is 1.11 bits per heavy atom. The number of Topliss-reactive ketones (excluding diaryl/α,β-unsaturated/α-hetero) is 1. The second-order valence-corrected chi connectivity index (χ2v) is 24.1. The summed E-state index contributed by atoms with van der Waals surface area (Å²) in [6.45, 7) is 26.9. The number of nitrogen functional groups attached to an aromatic ring is 1. The number of aryl methyl sites for hydroxylation is 4. The van der Waals surface area contributed by atoms with E-state index in [0.717, 1.165) is 26.6 Å². The van der Waals surface area contributed by atoms with Gasteiger partial charge in [0.2, 0.25) is 0 Å². The zero-order valence-corrected chi connectivity index (χ0v) is 41.3. The van der Waals surface area contributed by atoms with Crippen LogP contribution in [0.1, 0.15) is 125 Å². The van der Waals surface area contributed by atoms with Crippen molar-refractivity contribution in [3.8, 4) is 0 Å². The molecule has 3 N–H and O–H groups in total. The number of carbonyl (C=O) groups excluding carboxylic acids is 1. The highest BCUT2D eigenvalue weighted by Crippen LogP contribution is 2.37. The molecule has 340 valence electrons. The largest absolute Gasteiger partial charge is 0.495 e. The van der Waals surface area contributed by atoms with Crippen LogP contribution in [-0.2, 0) is 35.4 Å².